The van der Waals surface area contributed by atoms with Crippen LogP contribution < -0.4 is 5.32 Å². The van der Waals surface area contributed by atoms with Gasteiger partial charge in [-0.15, -0.1) is 0 Å². The van der Waals surface area contributed by atoms with E-state index in [1.54, 1.807) is 12.1 Å². The maximum Gasteiger partial charge on any atom is 0.131 e. The summed E-state index contributed by atoms with van der Waals surface area (Å²) in [6.45, 7) is 4.69. The number of nitrogens with one attached hydrogen (secondary N) is 1. The van der Waals surface area contributed by atoms with Gasteiger partial charge in [0.05, 0.1) is 13.2 Å². The van der Waals surface area contributed by atoms with Gasteiger partial charge in [0.2, 0.25) is 0 Å². The molecule has 0 aliphatic heterocycles. The number of rotatable bonds is 8. The zero-order chi connectivity index (χ0) is 19.2. The van der Waals surface area contributed by atoms with E-state index < -0.39 is 0 Å². The molecule has 3 aromatic rings. The quantitative estimate of drug-likeness (QED) is 0.627. The standard InChI is InChI=1S/C21H24FN3O2/c1-14(2)19-11-21(25-13-24-19)23-12-20(27-10-9-26)17-7-8-18(22)16-6-4-3-5-15(16)17/h3-8,11,13-14,20,26H,9-10,12H2,1-2H3,(H,23,24,25). The lowest BCUT2D eigenvalue weighted by atomic mass is 9.99. The van der Waals surface area contributed by atoms with E-state index in [1.165, 1.54) is 12.4 Å². The van der Waals surface area contributed by atoms with Crippen molar-refractivity contribution in [2.75, 3.05) is 25.1 Å². The normalized spacial score (nSPS) is 12.5. The molecule has 2 N–H and O–H groups in total. The smallest absolute Gasteiger partial charge is 0.131 e. The Kier molecular flexibility index (Phi) is 6.32. The van der Waals surface area contributed by atoms with Gasteiger partial charge in [0.15, 0.2) is 0 Å². The molecule has 1 unspecified atom stereocenters. The number of ether oxygens (including phenoxy) is 1. The van der Waals surface area contributed by atoms with Gasteiger partial charge in [-0.2, -0.15) is 0 Å². The molecule has 0 aliphatic carbocycles. The average Bonchev–Trinajstić information content (AvgIpc) is 2.69. The first-order chi connectivity index (χ1) is 13.1. The van der Waals surface area contributed by atoms with Crippen molar-refractivity contribution in [1.29, 1.82) is 0 Å². The molecule has 0 saturated heterocycles. The molecular formula is C21H24FN3O2. The van der Waals surface area contributed by atoms with E-state index in [2.05, 4.69) is 29.1 Å². The molecule has 1 aromatic heterocycles. The van der Waals surface area contributed by atoms with E-state index in [9.17, 15) is 9.50 Å². The number of halogens is 1. The fourth-order valence-corrected chi connectivity index (χ4v) is 3.00. The minimum absolute atomic E-state index is 0.0827. The van der Waals surface area contributed by atoms with Crippen LogP contribution in [-0.2, 0) is 4.74 Å². The SMILES string of the molecule is CC(C)c1cc(NCC(OCCO)c2ccc(F)c3ccccc23)ncn1. The van der Waals surface area contributed by atoms with Crippen LogP contribution in [0.15, 0.2) is 48.8 Å². The summed E-state index contributed by atoms with van der Waals surface area (Å²) in [6.07, 6.45) is 1.18. The molecule has 2 aromatic carbocycles. The number of fused-ring (bicyclic) bond motifs is 1. The number of hydrogen-bond donors (Lipinski definition) is 2. The van der Waals surface area contributed by atoms with Gasteiger partial charge in [0, 0.05) is 23.7 Å². The summed E-state index contributed by atoms with van der Waals surface area (Å²) >= 11 is 0. The second-order valence-electron chi connectivity index (χ2n) is 6.63. The van der Waals surface area contributed by atoms with Crippen molar-refractivity contribution in [2.24, 2.45) is 0 Å². The van der Waals surface area contributed by atoms with Crippen LogP contribution >= 0.6 is 0 Å². The molecule has 27 heavy (non-hydrogen) atoms. The second kappa shape index (κ2) is 8.88. The Morgan fingerprint density at radius 3 is 2.63 bits per heavy atom. The fourth-order valence-electron chi connectivity index (χ4n) is 3.00. The highest BCUT2D eigenvalue weighted by Gasteiger charge is 2.17. The van der Waals surface area contributed by atoms with Crippen molar-refractivity contribution in [2.45, 2.75) is 25.9 Å². The molecule has 0 radical (unpaired) electrons. The molecule has 1 atom stereocenters. The summed E-state index contributed by atoms with van der Waals surface area (Å²) in [4.78, 5) is 8.52. The molecule has 0 aliphatic rings. The van der Waals surface area contributed by atoms with Crippen molar-refractivity contribution in [3.8, 4) is 0 Å². The van der Waals surface area contributed by atoms with Crippen LogP contribution in [0.2, 0.25) is 0 Å². The van der Waals surface area contributed by atoms with Crippen molar-refractivity contribution < 1.29 is 14.2 Å². The zero-order valence-electron chi connectivity index (χ0n) is 15.5. The van der Waals surface area contributed by atoms with Gasteiger partial charge in [-0.25, -0.2) is 14.4 Å². The number of aliphatic hydroxyl groups excluding tert-OH is 1. The van der Waals surface area contributed by atoms with Crippen LogP contribution in [0.3, 0.4) is 0 Å². The molecule has 1 heterocycles. The van der Waals surface area contributed by atoms with E-state index in [4.69, 9.17) is 4.74 Å². The zero-order valence-corrected chi connectivity index (χ0v) is 15.5. The Bertz CT molecular complexity index is 901. The first-order valence-corrected chi connectivity index (χ1v) is 9.05. The molecule has 0 bridgehead atoms. The van der Waals surface area contributed by atoms with Crippen molar-refractivity contribution >= 4 is 16.6 Å². The Morgan fingerprint density at radius 2 is 1.89 bits per heavy atom. The van der Waals surface area contributed by atoms with Gasteiger partial charge >= 0.3 is 0 Å². The Labute approximate surface area is 158 Å². The molecular weight excluding hydrogens is 345 g/mol. The predicted molar refractivity (Wildman–Crippen MR) is 104 cm³/mol. The van der Waals surface area contributed by atoms with Gasteiger partial charge in [-0.3, -0.25) is 0 Å². The van der Waals surface area contributed by atoms with Crippen molar-refractivity contribution in [3.63, 3.8) is 0 Å². The topological polar surface area (TPSA) is 67.3 Å². The van der Waals surface area contributed by atoms with E-state index in [-0.39, 0.29) is 25.1 Å². The summed E-state index contributed by atoms with van der Waals surface area (Å²) in [5.41, 5.74) is 1.82. The van der Waals surface area contributed by atoms with Crippen LogP contribution in [0.1, 0.15) is 37.1 Å². The van der Waals surface area contributed by atoms with E-state index >= 15 is 0 Å². The molecule has 0 fully saturated rings. The Balaban J connectivity index is 1.87. The summed E-state index contributed by atoms with van der Waals surface area (Å²) in [6, 6.07) is 12.4. The number of hydrogen-bond acceptors (Lipinski definition) is 5. The predicted octanol–water partition coefficient (Wildman–Crippen LogP) is 4.05. The number of aliphatic hydroxyl groups is 1. The van der Waals surface area contributed by atoms with Crippen LogP contribution in [0.5, 0.6) is 0 Å². The molecule has 6 heteroatoms. The number of anilines is 1. The van der Waals surface area contributed by atoms with Crippen LogP contribution in [0.25, 0.3) is 10.8 Å². The van der Waals surface area contributed by atoms with Gasteiger partial charge in [0.1, 0.15) is 24.1 Å². The monoisotopic (exact) mass is 369 g/mol. The number of benzene rings is 2. The minimum Gasteiger partial charge on any atom is -0.394 e. The summed E-state index contributed by atoms with van der Waals surface area (Å²) in [5, 5.41) is 13.8. The first-order valence-electron chi connectivity index (χ1n) is 9.05. The lowest BCUT2D eigenvalue weighted by Gasteiger charge is -2.21. The van der Waals surface area contributed by atoms with Crippen molar-refractivity contribution in [3.05, 3.63) is 65.9 Å². The maximum atomic E-state index is 14.1. The largest absolute Gasteiger partial charge is 0.394 e. The highest BCUT2D eigenvalue weighted by molar-refractivity contribution is 5.86. The first kappa shape index (κ1) is 19.2. The molecule has 142 valence electrons. The van der Waals surface area contributed by atoms with Crippen LogP contribution in [-0.4, -0.2) is 34.8 Å². The van der Waals surface area contributed by atoms with Crippen LogP contribution in [0, 0.1) is 5.82 Å². The van der Waals surface area contributed by atoms with E-state index in [0.717, 1.165) is 16.6 Å². The summed E-state index contributed by atoms with van der Waals surface area (Å²) < 4.78 is 20.0. The fraction of sp³-hybridized carbons (Fsp3) is 0.333. The maximum absolute atomic E-state index is 14.1. The van der Waals surface area contributed by atoms with Gasteiger partial charge in [0.25, 0.3) is 0 Å². The highest BCUT2D eigenvalue weighted by Crippen LogP contribution is 2.29. The lowest BCUT2D eigenvalue weighted by Crippen LogP contribution is -2.18. The third-order valence-corrected chi connectivity index (χ3v) is 4.41. The van der Waals surface area contributed by atoms with E-state index in [0.29, 0.717) is 23.7 Å². The minimum atomic E-state index is -0.361. The van der Waals surface area contributed by atoms with Gasteiger partial charge < -0.3 is 15.2 Å². The van der Waals surface area contributed by atoms with Gasteiger partial charge in [-0.05, 0) is 22.9 Å². The van der Waals surface area contributed by atoms with E-state index in [1.807, 2.05) is 24.3 Å². The molecule has 0 spiro atoms. The Hall–Kier alpha value is -2.57. The number of aromatic nitrogens is 2. The summed E-state index contributed by atoms with van der Waals surface area (Å²) in [5.74, 6) is 0.745. The average molecular weight is 369 g/mol. The molecule has 0 amide bonds. The van der Waals surface area contributed by atoms with Crippen molar-refractivity contribution in [1.82, 2.24) is 9.97 Å². The molecule has 5 nitrogen and oxygen atoms in total. The summed E-state index contributed by atoms with van der Waals surface area (Å²) in [7, 11) is 0. The Morgan fingerprint density at radius 1 is 1.11 bits per heavy atom. The second-order valence-corrected chi connectivity index (χ2v) is 6.63. The third kappa shape index (κ3) is 4.59. The third-order valence-electron chi connectivity index (χ3n) is 4.41. The molecule has 3 rings (SSSR count). The van der Waals surface area contributed by atoms with Gasteiger partial charge in [-0.1, -0.05) is 44.2 Å². The number of nitrogens with zero attached hydrogens (tertiary/aromatic N) is 2. The lowest BCUT2D eigenvalue weighted by molar-refractivity contribution is 0.0359. The van der Waals surface area contributed by atoms with Crippen LogP contribution in [0.4, 0.5) is 10.2 Å². The highest BCUT2D eigenvalue weighted by atomic mass is 19.1. The molecule has 0 saturated carbocycles.